The number of aromatic nitrogens is 2. The van der Waals surface area contributed by atoms with Crippen molar-refractivity contribution in [2.45, 2.75) is 0 Å². The van der Waals surface area contributed by atoms with Crippen LogP contribution >= 0.6 is 11.6 Å². The van der Waals surface area contributed by atoms with Crippen molar-refractivity contribution in [3.05, 3.63) is 47.5 Å². The van der Waals surface area contributed by atoms with Gasteiger partial charge < -0.3 is 24.2 Å². The molecule has 4 aromatic rings. The monoisotopic (exact) mass is 386 g/mol. The summed E-state index contributed by atoms with van der Waals surface area (Å²) in [5, 5.41) is 26.2. The first-order valence-corrected chi connectivity index (χ1v) is 8.34. The molecule has 0 radical (unpaired) electrons. The van der Waals surface area contributed by atoms with Gasteiger partial charge >= 0.3 is 0 Å². The van der Waals surface area contributed by atoms with Gasteiger partial charge in [-0.3, -0.25) is 0 Å². The Hall–Kier alpha value is -3.32. The minimum atomic E-state index is -0.320. The van der Waals surface area contributed by atoms with Gasteiger partial charge in [0.05, 0.1) is 24.9 Å². The molecule has 0 aliphatic rings. The van der Waals surface area contributed by atoms with Crippen LogP contribution in [0.2, 0.25) is 5.02 Å². The topological polar surface area (TPSA) is 89.9 Å². The first kappa shape index (κ1) is 17.1. The molecule has 0 saturated carbocycles. The second-order valence-electron chi connectivity index (χ2n) is 5.74. The van der Waals surface area contributed by atoms with Crippen molar-refractivity contribution >= 4 is 22.6 Å². The molecule has 0 fully saturated rings. The van der Waals surface area contributed by atoms with Crippen LogP contribution in [0.25, 0.3) is 27.9 Å². The highest BCUT2D eigenvalue weighted by atomic mass is 35.5. The average Bonchev–Trinajstić information content (AvgIpc) is 3.22. The van der Waals surface area contributed by atoms with Crippen molar-refractivity contribution < 1.29 is 24.2 Å². The third-order valence-electron chi connectivity index (χ3n) is 4.30. The van der Waals surface area contributed by atoms with Crippen molar-refractivity contribution in [1.29, 1.82) is 0 Å². The lowest BCUT2D eigenvalue weighted by molar-refractivity contribution is 0.376. The molecule has 0 unspecified atom stereocenters. The van der Waals surface area contributed by atoms with Gasteiger partial charge in [0.15, 0.2) is 0 Å². The van der Waals surface area contributed by atoms with Crippen LogP contribution in [0.15, 0.2) is 47.0 Å². The zero-order chi connectivity index (χ0) is 19.1. The molecule has 4 rings (SSSR count). The molecule has 2 N–H and O–H groups in total. The predicted octanol–water partition coefficient (Wildman–Crippen LogP) is 4.37. The summed E-state index contributed by atoms with van der Waals surface area (Å²) in [5.41, 5.74) is 1.31. The van der Waals surface area contributed by atoms with E-state index in [0.29, 0.717) is 33.5 Å². The highest BCUT2D eigenvalue weighted by molar-refractivity contribution is 6.33. The van der Waals surface area contributed by atoms with Crippen LogP contribution in [-0.2, 0) is 0 Å². The Balaban J connectivity index is 2.02. The second kappa shape index (κ2) is 6.44. The van der Waals surface area contributed by atoms with Gasteiger partial charge in [0.2, 0.25) is 17.3 Å². The van der Waals surface area contributed by atoms with Gasteiger partial charge in [0, 0.05) is 11.6 Å². The van der Waals surface area contributed by atoms with E-state index in [2.05, 4.69) is 5.16 Å². The van der Waals surface area contributed by atoms with Gasteiger partial charge in [-0.25, -0.2) is 4.57 Å². The molecule has 2 heterocycles. The van der Waals surface area contributed by atoms with Crippen LogP contribution in [0, 0.1) is 0 Å². The third kappa shape index (κ3) is 2.55. The van der Waals surface area contributed by atoms with Crippen molar-refractivity contribution in [2.75, 3.05) is 14.2 Å². The lowest BCUT2D eigenvalue weighted by Gasteiger charge is -2.13. The van der Waals surface area contributed by atoms with E-state index in [4.69, 9.17) is 25.6 Å². The molecule has 0 spiro atoms. The number of ether oxygens (including phenoxy) is 2. The van der Waals surface area contributed by atoms with Crippen molar-refractivity contribution in [3.8, 4) is 40.2 Å². The third-order valence-corrected chi connectivity index (χ3v) is 4.63. The van der Waals surface area contributed by atoms with E-state index < -0.39 is 0 Å². The summed E-state index contributed by atoms with van der Waals surface area (Å²) in [6, 6.07) is 12.0. The highest BCUT2D eigenvalue weighted by Crippen LogP contribution is 2.46. The fourth-order valence-electron chi connectivity index (χ4n) is 3.00. The van der Waals surface area contributed by atoms with E-state index in [1.807, 2.05) is 0 Å². The van der Waals surface area contributed by atoms with Gasteiger partial charge in [0.1, 0.15) is 22.6 Å². The first-order chi connectivity index (χ1) is 13.1. The maximum absolute atomic E-state index is 10.9. The average molecular weight is 387 g/mol. The fraction of sp³-hybridized carbons (Fsp3) is 0.105. The minimum absolute atomic E-state index is 0.0345. The molecule has 0 saturated heterocycles. The van der Waals surface area contributed by atoms with E-state index in [0.717, 1.165) is 0 Å². The van der Waals surface area contributed by atoms with E-state index in [1.165, 1.54) is 18.8 Å². The summed E-state index contributed by atoms with van der Waals surface area (Å²) < 4.78 is 17.1. The smallest absolute Gasteiger partial charge is 0.246 e. The molecule has 2 aromatic heterocycles. The molecule has 138 valence electrons. The van der Waals surface area contributed by atoms with Crippen LogP contribution in [0.1, 0.15) is 0 Å². The zero-order valence-corrected chi connectivity index (χ0v) is 15.2. The van der Waals surface area contributed by atoms with Crippen molar-refractivity contribution in [2.24, 2.45) is 0 Å². The van der Waals surface area contributed by atoms with Crippen molar-refractivity contribution in [1.82, 2.24) is 9.72 Å². The maximum Gasteiger partial charge on any atom is 0.246 e. The Morgan fingerprint density at radius 1 is 1.04 bits per heavy atom. The number of hydrogen-bond donors (Lipinski definition) is 2. The van der Waals surface area contributed by atoms with E-state index in [-0.39, 0.29) is 22.7 Å². The number of hydrogen-bond acceptors (Lipinski definition) is 6. The largest absolute Gasteiger partial charge is 0.497 e. The summed E-state index contributed by atoms with van der Waals surface area (Å²) in [4.78, 5) is 0. The Morgan fingerprint density at radius 3 is 2.52 bits per heavy atom. The molecule has 8 heteroatoms. The number of nitrogens with zero attached hydrogens (tertiary/aromatic N) is 2. The molecular weight excluding hydrogens is 372 g/mol. The molecule has 7 nitrogen and oxygen atoms in total. The van der Waals surface area contributed by atoms with E-state index in [1.54, 1.807) is 42.5 Å². The number of methoxy groups -OCH3 is 2. The number of aromatic hydroxyl groups is 2. The second-order valence-corrected chi connectivity index (χ2v) is 6.14. The number of benzene rings is 2. The summed E-state index contributed by atoms with van der Waals surface area (Å²) >= 11 is 6.25. The molecule has 0 aliphatic heterocycles. The normalized spacial score (nSPS) is 11.1. The Morgan fingerprint density at radius 2 is 1.81 bits per heavy atom. The molecular formula is C19H15ClN2O5. The zero-order valence-electron chi connectivity index (χ0n) is 14.4. The van der Waals surface area contributed by atoms with Gasteiger partial charge in [-0.2, -0.15) is 0 Å². The Labute approximate surface area is 158 Å². The van der Waals surface area contributed by atoms with Crippen LogP contribution in [0.4, 0.5) is 0 Å². The Bertz CT molecular complexity index is 1150. The highest BCUT2D eigenvalue weighted by Gasteiger charge is 2.28. The van der Waals surface area contributed by atoms with E-state index in [9.17, 15) is 10.2 Å². The van der Waals surface area contributed by atoms with E-state index >= 15 is 0 Å². The lowest BCUT2D eigenvalue weighted by Crippen LogP contribution is -1.98. The lowest BCUT2D eigenvalue weighted by atomic mass is 10.1. The van der Waals surface area contributed by atoms with Gasteiger partial charge in [-0.1, -0.05) is 35.0 Å². The summed E-state index contributed by atoms with van der Waals surface area (Å²) in [6.07, 6.45) is 0. The van der Waals surface area contributed by atoms with Crippen molar-refractivity contribution in [3.63, 3.8) is 0 Å². The standard InChI is InChI=1S/C19H15ClN2O5/c1-25-10-7-8-14(26-2)13(9-10)22-18(23)15-16(21-27-17(15)19(22)24)11-5-3-4-6-12(11)20/h3-9,23-24H,1-2H3. The Kier molecular flexibility index (Phi) is 4.08. The van der Waals surface area contributed by atoms with Crippen LogP contribution < -0.4 is 9.47 Å². The first-order valence-electron chi connectivity index (χ1n) is 7.96. The SMILES string of the molecule is COc1ccc(OC)c(-n2c(O)c3onc(-c4ccccc4Cl)c3c2O)c1. The molecule has 0 bridgehead atoms. The number of halogens is 1. The van der Waals surface area contributed by atoms with Crippen LogP contribution in [0.5, 0.6) is 23.3 Å². The summed E-state index contributed by atoms with van der Waals surface area (Å²) in [6.45, 7) is 0. The fourth-order valence-corrected chi connectivity index (χ4v) is 3.23. The number of rotatable bonds is 4. The van der Waals surface area contributed by atoms with Gasteiger partial charge in [-0.15, -0.1) is 0 Å². The van der Waals surface area contributed by atoms with Gasteiger partial charge in [0.25, 0.3) is 0 Å². The molecule has 0 aliphatic carbocycles. The predicted molar refractivity (Wildman–Crippen MR) is 100 cm³/mol. The molecule has 0 atom stereocenters. The summed E-state index contributed by atoms with van der Waals surface area (Å²) in [5.74, 6) is 0.371. The quantitative estimate of drug-likeness (QED) is 0.541. The number of fused-ring (bicyclic) bond motifs is 1. The van der Waals surface area contributed by atoms with Gasteiger partial charge in [-0.05, 0) is 18.2 Å². The molecule has 27 heavy (non-hydrogen) atoms. The maximum atomic E-state index is 10.9. The molecule has 2 aromatic carbocycles. The summed E-state index contributed by atoms with van der Waals surface area (Å²) in [7, 11) is 3.01. The molecule has 0 amide bonds. The van der Waals surface area contributed by atoms with Crippen LogP contribution in [-0.4, -0.2) is 34.2 Å². The van der Waals surface area contributed by atoms with Crippen LogP contribution in [0.3, 0.4) is 0 Å². The minimum Gasteiger partial charge on any atom is -0.497 e.